The van der Waals surface area contributed by atoms with Gasteiger partial charge in [-0.3, -0.25) is 4.18 Å². The molecule has 1 aromatic carbocycles. The molecule has 7 heteroatoms. The minimum atomic E-state index is -3.80. The van der Waals surface area contributed by atoms with Crippen LogP contribution in [0.15, 0.2) is 29.2 Å². The van der Waals surface area contributed by atoms with E-state index in [4.69, 9.17) is 8.92 Å². The van der Waals surface area contributed by atoms with Crippen LogP contribution in [0, 0.1) is 6.92 Å². The highest BCUT2D eigenvalue weighted by Crippen LogP contribution is 2.14. The fourth-order valence-electron chi connectivity index (χ4n) is 1.46. The molecule has 0 unspecified atom stereocenters. The number of amides is 1. The lowest BCUT2D eigenvalue weighted by molar-refractivity contribution is 0.107. The van der Waals surface area contributed by atoms with Crippen molar-refractivity contribution in [1.29, 1.82) is 0 Å². The molecule has 0 aromatic heterocycles. The standard InChI is InChI=1S/C11H13NO5S/c1-8-2-4-10(5-3-8)18(14,15)16-7-9-6-12-11(13)17-9/h2-5,9H,6-7H2,1H3,(H,12,13)/t9-/m0/s1. The Labute approximate surface area is 105 Å². The van der Waals surface area contributed by atoms with Crippen LogP contribution in [0.3, 0.4) is 0 Å². The molecule has 2 rings (SSSR count). The second-order valence-corrected chi connectivity index (χ2v) is 5.58. The summed E-state index contributed by atoms with van der Waals surface area (Å²) in [6.07, 6.45) is -1.13. The summed E-state index contributed by atoms with van der Waals surface area (Å²) in [5.41, 5.74) is 0.961. The van der Waals surface area contributed by atoms with Crippen molar-refractivity contribution >= 4 is 16.2 Å². The Kier molecular flexibility index (Phi) is 3.53. The quantitative estimate of drug-likeness (QED) is 0.819. The van der Waals surface area contributed by atoms with Crippen molar-refractivity contribution in [2.45, 2.75) is 17.9 Å². The molecule has 0 spiro atoms. The van der Waals surface area contributed by atoms with Crippen molar-refractivity contribution in [3.8, 4) is 0 Å². The summed E-state index contributed by atoms with van der Waals surface area (Å²) < 4.78 is 33.2. The van der Waals surface area contributed by atoms with Gasteiger partial charge < -0.3 is 10.1 Å². The normalized spacial score (nSPS) is 19.4. The largest absolute Gasteiger partial charge is 0.442 e. The molecule has 1 fully saturated rings. The van der Waals surface area contributed by atoms with Crippen LogP contribution < -0.4 is 5.32 Å². The third-order valence-electron chi connectivity index (χ3n) is 2.47. The fourth-order valence-corrected chi connectivity index (χ4v) is 2.40. The number of carbonyl (C=O) groups excluding carboxylic acids is 1. The molecule has 0 bridgehead atoms. The maximum absolute atomic E-state index is 11.8. The van der Waals surface area contributed by atoms with Crippen molar-refractivity contribution in [1.82, 2.24) is 5.32 Å². The molecule has 6 nitrogen and oxygen atoms in total. The van der Waals surface area contributed by atoms with Crippen molar-refractivity contribution in [3.05, 3.63) is 29.8 Å². The molecule has 0 aliphatic carbocycles. The summed E-state index contributed by atoms with van der Waals surface area (Å²) in [7, 11) is -3.80. The summed E-state index contributed by atoms with van der Waals surface area (Å²) in [5, 5.41) is 2.42. The second-order valence-electron chi connectivity index (χ2n) is 3.96. The molecule has 1 atom stereocenters. The summed E-state index contributed by atoms with van der Waals surface area (Å²) in [4.78, 5) is 10.8. The highest BCUT2D eigenvalue weighted by atomic mass is 32.2. The van der Waals surface area contributed by atoms with Gasteiger partial charge in [0.05, 0.1) is 11.4 Å². The number of ether oxygens (including phenoxy) is 1. The first kappa shape index (κ1) is 12.8. The number of carbonyl (C=O) groups is 1. The van der Waals surface area contributed by atoms with E-state index in [0.717, 1.165) is 5.56 Å². The van der Waals surface area contributed by atoms with Crippen LogP contribution in [0.5, 0.6) is 0 Å². The summed E-state index contributed by atoms with van der Waals surface area (Å²) in [5.74, 6) is 0. The first-order valence-electron chi connectivity index (χ1n) is 5.38. The molecule has 1 saturated heterocycles. The van der Waals surface area contributed by atoms with E-state index in [-0.39, 0.29) is 18.0 Å². The van der Waals surface area contributed by atoms with Crippen LogP contribution >= 0.6 is 0 Å². The molecule has 1 heterocycles. The Morgan fingerprint density at radius 3 is 2.61 bits per heavy atom. The third-order valence-corrected chi connectivity index (χ3v) is 3.76. The van der Waals surface area contributed by atoms with Crippen LogP contribution in [-0.4, -0.2) is 33.8 Å². The van der Waals surface area contributed by atoms with Gasteiger partial charge in [0.25, 0.3) is 10.1 Å². The number of cyclic esters (lactones) is 1. The number of hydrogen-bond acceptors (Lipinski definition) is 5. The lowest BCUT2D eigenvalue weighted by Crippen LogP contribution is -2.22. The van der Waals surface area contributed by atoms with Crippen LogP contribution in [-0.2, 0) is 19.0 Å². The van der Waals surface area contributed by atoms with Gasteiger partial charge in [0, 0.05) is 0 Å². The van der Waals surface area contributed by atoms with Gasteiger partial charge in [0.2, 0.25) is 0 Å². The molecule has 98 valence electrons. The summed E-state index contributed by atoms with van der Waals surface area (Å²) in [6, 6.07) is 6.33. The molecular formula is C11H13NO5S. The first-order valence-corrected chi connectivity index (χ1v) is 6.79. The molecule has 0 saturated carbocycles. The second kappa shape index (κ2) is 4.95. The number of benzene rings is 1. The van der Waals surface area contributed by atoms with Crippen LogP contribution in [0.4, 0.5) is 4.79 Å². The van der Waals surface area contributed by atoms with Gasteiger partial charge in [-0.25, -0.2) is 4.79 Å². The van der Waals surface area contributed by atoms with Gasteiger partial charge in [0.15, 0.2) is 0 Å². The summed E-state index contributed by atoms with van der Waals surface area (Å²) in [6.45, 7) is 1.93. The van der Waals surface area contributed by atoms with E-state index in [2.05, 4.69) is 5.32 Å². The minimum Gasteiger partial charge on any atom is -0.442 e. The Morgan fingerprint density at radius 2 is 2.06 bits per heavy atom. The molecule has 1 aliphatic rings. The molecule has 1 aromatic rings. The average Bonchev–Trinajstić information content (AvgIpc) is 2.73. The SMILES string of the molecule is Cc1ccc(S(=O)(=O)OC[C@@H]2CNC(=O)O2)cc1. The van der Waals surface area contributed by atoms with Crippen molar-refractivity contribution in [3.63, 3.8) is 0 Å². The lowest BCUT2D eigenvalue weighted by atomic mass is 10.2. The Hall–Kier alpha value is -1.60. The van der Waals surface area contributed by atoms with Gasteiger partial charge in [0.1, 0.15) is 12.7 Å². The molecule has 0 radical (unpaired) electrons. The van der Waals surface area contributed by atoms with E-state index in [0.29, 0.717) is 0 Å². The zero-order chi connectivity index (χ0) is 13.2. The highest BCUT2D eigenvalue weighted by Gasteiger charge is 2.25. The molecule has 1 amide bonds. The van der Waals surface area contributed by atoms with Crippen LogP contribution in [0.25, 0.3) is 0 Å². The topological polar surface area (TPSA) is 81.7 Å². The molecular weight excluding hydrogens is 258 g/mol. The average molecular weight is 271 g/mol. The zero-order valence-electron chi connectivity index (χ0n) is 9.75. The van der Waals surface area contributed by atoms with Gasteiger partial charge in [-0.1, -0.05) is 17.7 Å². The molecule has 1 N–H and O–H groups in total. The number of alkyl carbamates (subject to hydrolysis) is 1. The Morgan fingerprint density at radius 1 is 1.39 bits per heavy atom. The Balaban J connectivity index is 1.99. The van der Waals surface area contributed by atoms with E-state index in [1.54, 1.807) is 12.1 Å². The predicted molar refractivity (Wildman–Crippen MR) is 62.6 cm³/mol. The number of nitrogens with one attached hydrogen (secondary N) is 1. The van der Waals surface area contributed by atoms with Gasteiger partial charge >= 0.3 is 6.09 Å². The smallest absolute Gasteiger partial charge is 0.407 e. The molecule has 18 heavy (non-hydrogen) atoms. The van der Waals surface area contributed by atoms with E-state index < -0.39 is 22.3 Å². The summed E-state index contributed by atoms with van der Waals surface area (Å²) >= 11 is 0. The van der Waals surface area contributed by atoms with E-state index in [9.17, 15) is 13.2 Å². The number of hydrogen-bond donors (Lipinski definition) is 1. The van der Waals surface area contributed by atoms with Crippen LogP contribution in [0.2, 0.25) is 0 Å². The first-order chi connectivity index (χ1) is 8.47. The van der Waals surface area contributed by atoms with Crippen LogP contribution in [0.1, 0.15) is 5.56 Å². The third kappa shape index (κ3) is 2.99. The number of aryl methyl sites for hydroxylation is 1. The lowest BCUT2D eigenvalue weighted by Gasteiger charge is -2.09. The van der Waals surface area contributed by atoms with Crippen molar-refractivity contribution < 1.29 is 22.1 Å². The monoisotopic (exact) mass is 271 g/mol. The van der Waals surface area contributed by atoms with Gasteiger partial charge in [-0.2, -0.15) is 8.42 Å². The zero-order valence-corrected chi connectivity index (χ0v) is 10.6. The number of rotatable bonds is 4. The van der Waals surface area contributed by atoms with Gasteiger partial charge in [-0.05, 0) is 19.1 Å². The predicted octanol–water partition coefficient (Wildman–Crippen LogP) is 0.809. The maximum Gasteiger partial charge on any atom is 0.407 e. The Bertz CT molecular complexity index is 537. The van der Waals surface area contributed by atoms with E-state index >= 15 is 0 Å². The van der Waals surface area contributed by atoms with E-state index in [1.165, 1.54) is 12.1 Å². The molecule has 1 aliphatic heterocycles. The minimum absolute atomic E-state index is 0.0883. The maximum atomic E-state index is 11.8. The fraction of sp³-hybridized carbons (Fsp3) is 0.364. The van der Waals surface area contributed by atoms with Crippen molar-refractivity contribution in [2.24, 2.45) is 0 Å². The van der Waals surface area contributed by atoms with E-state index in [1.807, 2.05) is 6.92 Å². The van der Waals surface area contributed by atoms with Crippen molar-refractivity contribution in [2.75, 3.05) is 13.2 Å². The highest BCUT2D eigenvalue weighted by molar-refractivity contribution is 7.86. The van der Waals surface area contributed by atoms with Gasteiger partial charge in [-0.15, -0.1) is 0 Å².